The molecule has 182 valence electrons. The van der Waals surface area contributed by atoms with Crippen molar-refractivity contribution < 1.29 is 22.8 Å². The molecule has 0 bridgehead atoms. The van der Waals surface area contributed by atoms with Crippen molar-refractivity contribution in [3.63, 3.8) is 0 Å². The van der Waals surface area contributed by atoms with Gasteiger partial charge in [-0.1, -0.05) is 18.5 Å². The molecule has 2 atom stereocenters. The zero-order valence-electron chi connectivity index (χ0n) is 18.5. The third-order valence-electron chi connectivity index (χ3n) is 5.72. The Balaban J connectivity index is 1.56. The van der Waals surface area contributed by atoms with Crippen molar-refractivity contribution in [2.45, 2.75) is 51.1 Å². The van der Waals surface area contributed by atoms with E-state index in [1.807, 2.05) is 0 Å². The number of piperidine rings is 1. The third-order valence-corrected chi connectivity index (χ3v) is 8.03. The minimum Gasteiger partial charge on any atom is -0.354 e. The summed E-state index contributed by atoms with van der Waals surface area (Å²) in [6, 6.07) is 2.38. The molecule has 3 heterocycles. The Bertz CT molecular complexity index is 1010. The van der Waals surface area contributed by atoms with Crippen LogP contribution >= 0.6 is 22.9 Å². The Kier molecular flexibility index (Phi) is 8.91. The lowest BCUT2D eigenvalue weighted by Gasteiger charge is -2.34. The molecule has 12 heteroatoms. The molecule has 0 radical (unpaired) electrons. The Labute approximate surface area is 203 Å². The lowest BCUT2D eigenvalue weighted by molar-refractivity contribution is -0.143. The molecule has 2 N–H and O–H groups in total. The summed E-state index contributed by atoms with van der Waals surface area (Å²) in [7, 11) is -3.85. The van der Waals surface area contributed by atoms with Crippen molar-refractivity contribution in [3.8, 4) is 0 Å². The van der Waals surface area contributed by atoms with Crippen molar-refractivity contribution in [2.24, 2.45) is 0 Å². The number of sulfonamides is 1. The molecule has 0 unspecified atom stereocenters. The number of thiophene rings is 1. The fraction of sp³-hybridized carbons (Fsp3) is 0.571. The Morgan fingerprint density at radius 2 is 2.00 bits per heavy atom. The first-order chi connectivity index (χ1) is 15.7. The molecule has 9 nitrogen and oxygen atoms in total. The van der Waals surface area contributed by atoms with Gasteiger partial charge in [0.05, 0.1) is 10.9 Å². The second-order valence-corrected chi connectivity index (χ2v) is 11.4. The molecule has 0 aliphatic carbocycles. The minimum absolute atomic E-state index is 0.0631. The molecule has 3 amide bonds. The maximum absolute atomic E-state index is 12.9. The quantitative estimate of drug-likeness (QED) is 0.519. The summed E-state index contributed by atoms with van der Waals surface area (Å²) >= 11 is 7.10. The fourth-order valence-corrected chi connectivity index (χ4v) is 6.08. The molecular formula is C21H29ClN4O5S2. The van der Waals surface area contributed by atoms with Gasteiger partial charge in [0.1, 0.15) is 6.04 Å². The normalized spacial score (nSPS) is 21.7. The van der Waals surface area contributed by atoms with Crippen LogP contribution in [0.1, 0.15) is 43.9 Å². The first kappa shape index (κ1) is 25.7. The van der Waals surface area contributed by atoms with E-state index in [9.17, 15) is 22.8 Å². The van der Waals surface area contributed by atoms with Gasteiger partial charge in [0.15, 0.2) is 0 Å². The summed E-state index contributed by atoms with van der Waals surface area (Å²) in [5.41, 5.74) is 0. The van der Waals surface area contributed by atoms with E-state index in [1.165, 1.54) is 22.3 Å². The summed E-state index contributed by atoms with van der Waals surface area (Å²) in [5.74, 6) is -0.651. The molecule has 0 spiro atoms. The first-order valence-corrected chi connectivity index (χ1v) is 13.7. The van der Waals surface area contributed by atoms with Crippen molar-refractivity contribution in [1.82, 2.24) is 19.8 Å². The largest absolute Gasteiger partial charge is 0.354 e. The van der Waals surface area contributed by atoms with Gasteiger partial charge in [-0.15, -0.1) is 11.3 Å². The summed E-state index contributed by atoms with van der Waals surface area (Å²) in [6.07, 6.45) is 4.42. The van der Waals surface area contributed by atoms with E-state index in [0.717, 1.165) is 18.2 Å². The zero-order valence-corrected chi connectivity index (χ0v) is 20.8. The zero-order chi connectivity index (χ0) is 24.0. The van der Waals surface area contributed by atoms with Crippen LogP contribution in [0.5, 0.6) is 0 Å². The Morgan fingerprint density at radius 3 is 2.70 bits per heavy atom. The molecular weight excluding hydrogens is 488 g/mol. The molecule has 0 aromatic carbocycles. The summed E-state index contributed by atoms with van der Waals surface area (Å²) in [5, 5.41) is 3.85. The highest BCUT2D eigenvalue weighted by Crippen LogP contribution is 2.23. The van der Waals surface area contributed by atoms with Gasteiger partial charge in [0.2, 0.25) is 27.7 Å². The van der Waals surface area contributed by atoms with E-state index in [-0.39, 0.29) is 24.4 Å². The smallest absolute Gasteiger partial charge is 0.242 e. The molecule has 1 aromatic heterocycles. The SMILES string of the molecule is CCC(=O)NC[C@H]1CCCN1C(=O)CN1CCC[C@H](NS(=O)(=O)C=Cc2ccc(Cl)s2)C1=O. The number of halogens is 1. The van der Waals surface area contributed by atoms with E-state index < -0.39 is 22.0 Å². The van der Waals surface area contributed by atoms with Gasteiger partial charge in [-0.05, 0) is 43.9 Å². The fourth-order valence-electron chi connectivity index (χ4n) is 4.01. The number of carbonyl (C=O) groups excluding carboxylic acids is 3. The standard InChI is InChI=1S/C21H29ClN4O5S2/c1-2-19(27)23-13-15-5-3-11-26(15)20(28)14-25-10-4-6-17(21(25)29)24-33(30,31)12-9-16-7-8-18(22)32-16/h7-9,12,15,17,24H,2-6,10-11,13-14H2,1H3,(H,23,27)/t15-,17+/m1/s1. The molecule has 2 fully saturated rings. The number of nitrogens with zero attached hydrogens (tertiary/aromatic N) is 2. The number of carbonyl (C=O) groups is 3. The second kappa shape index (κ2) is 11.5. The third kappa shape index (κ3) is 7.26. The van der Waals surface area contributed by atoms with Crippen LogP contribution in [0, 0.1) is 0 Å². The number of hydrogen-bond donors (Lipinski definition) is 2. The van der Waals surface area contributed by atoms with Crippen molar-refractivity contribution in [3.05, 3.63) is 26.8 Å². The lowest BCUT2D eigenvalue weighted by Crippen LogP contribution is -2.55. The average Bonchev–Trinajstić information content (AvgIpc) is 3.42. The van der Waals surface area contributed by atoms with Gasteiger partial charge in [-0.25, -0.2) is 8.42 Å². The van der Waals surface area contributed by atoms with E-state index in [2.05, 4.69) is 10.0 Å². The number of likely N-dealkylation sites (tertiary alicyclic amines) is 2. The van der Waals surface area contributed by atoms with Crippen LogP contribution in [-0.4, -0.2) is 74.2 Å². The van der Waals surface area contributed by atoms with Gasteiger partial charge in [-0.2, -0.15) is 4.72 Å². The van der Waals surface area contributed by atoms with E-state index in [4.69, 9.17) is 11.6 Å². The molecule has 1 aromatic rings. The van der Waals surface area contributed by atoms with Crippen LogP contribution in [0.4, 0.5) is 0 Å². The van der Waals surface area contributed by atoms with Gasteiger partial charge in [0, 0.05) is 42.4 Å². The summed E-state index contributed by atoms with van der Waals surface area (Å²) in [6.45, 7) is 3.06. The predicted octanol–water partition coefficient (Wildman–Crippen LogP) is 1.80. The number of rotatable bonds is 9. The monoisotopic (exact) mass is 516 g/mol. The molecule has 2 aliphatic rings. The second-order valence-electron chi connectivity index (χ2n) is 8.10. The highest BCUT2D eigenvalue weighted by molar-refractivity contribution is 7.92. The number of nitrogens with one attached hydrogen (secondary N) is 2. The van der Waals surface area contributed by atoms with Crippen LogP contribution in [-0.2, 0) is 24.4 Å². The molecule has 0 saturated carbocycles. The van der Waals surface area contributed by atoms with E-state index in [1.54, 1.807) is 24.0 Å². The number of amides is 3. The van der Waals surface area contributed by atoms with Gasteiger partial charge in [-0.3, -0.25) is 14.4 Å². The number of hydrogen-bond acceptors (Lipinski definition) is 6. The Hall–Kier alpha value is -1.95. The van der Waals surface area contributed by atoms with Crippen LogP contribution in [0.2, 0.25) is 4.34 Å². The molecule has 2 aliphatic heterocycles. The maximum atomic E-state index is 12.9. The summed E-state index contributed by atoms with van der Waals surface area (Å²) < 4.78 is 27.9. The Morgan fingerprint density at radius 1 is 1.24 bits per heavy atom. The van der Waals surface area contributed by atoms with E-state index >= 15 is 0 Å². The van der Waals surface area contributed by atoms with E-state index in [0.29, 0.717) is 48.1 Å². The molecule has 33 heavy (non-hydrogen) atoms. The molecule has 3 rings (SSSR count). The van der Waals surface area contributed by atoms with Crippen molar-refractivity contribution >= 4 is 56.8 Å². The van der Waals surface area contributed by atoms with Gasteiger partial charge < -0.3 is 15.1 Å². The highest BCUT2D eigenvalue weighted by atomic mass is 35.5. The van der Waals surface area contributed by atoms with Gasteiger partial charge in [0.25, 0.3) is 0 Å². The van der Waals surface area contributed by atoms with Crippen LogP contribution < -0.4 is 10.0 Å². The minimum atomic E-state index is -3.85. The van der Waals surface area contributed by atoms with Crippen LogP contribution in [0.3, 0.4) is 0 Å². The molecule has 2 saturated heterocycles. The average molecular weight is 517 g/mol. The summed E-state index contributed by atoms with van der Waals surface area (Å²) in [4.78, 5) is 41.2. The highest BCUT2D eigenvalue weighted by Gasteiger charge is 2.35. The van der Waals surface area contributed by atoms with Gasteiger partial charge >= 0.3 is 0 Å². The van der Waals surface area contributed by atoms with Crippen molar-refractivity contribution in [1.29, 1.82) is 0 Å². The van der Waals surface area contributed by atoms with Crippen molar-refractivity contribution in [2.75, 3.05) is 26.2 Å². The lowest BCUT2D eigenvalue weighted by atomic mass is 10.1. The maximum Gasteiger partial charge on any atom is 0.242 e. The first-order valence-electron chi connectivity index (χ1n) is 11.0. The predicted molar refractivity (Wildman–Crippen MR) is 128 cm³/mol. The van der Waals surface area contributed by atoms with Crippen LogP contribution in [0.15, 0.2) is 17.5 Å². The van der Waals surface area contributed by atoms with Crippen LogP contribution in [0.25, 0.3) is 6.08 Å². The topological polar surface area (TPSA) is 116 Å².